The van der Waals surface area contributed by atoms with E-state index in [4.69, 9.17) is 0 Å². The normalized spacial score (nSPS) is 12.0. The molecule has 0 amide bonds. The van der Waals surface area contributed by atoms with Gasteiger partial charge in [-0.05, 0) is 32.3 Å². The van der Waals surface area contributed by atoms with Gasteiger partial charge in [0.15, 0.2) is 0 Å². The van der Waals surface area contributed by atoms with E-state index in [2.05, 4.69) is 56.8 Å². The van der Waals surface area contributed by atoms with Crippen molar-refractivity contribution in [2.24, 2.45) is 0 Å². The van der Waals surface area contributed by atoms with Crippen molar-refractivity contribution in [2.75, 3.05) is 0 Å². The van der Waals surface area contributed by atoms with Gasteiger partial charge in [0.25, 0.3) is 0 Å². The largest absolute Gasteiger partial charge is 0.0991 e. The molecule has 0 saturated heterocycles. The second kappa shape index (κ2) is 6.84. The molecule has 0 aliphatic rings. The Labute approximate surface area is 99.0 Å². The van der Waals surface area contributed by atoms with Crippen LogP contribution in [0, 0.1) is 6.92 Å². The summed E-state index contributed by atoms with van der Waals surface area (Å²) in [6.07, 6.45) is 10.3. The molecule has 16 heavy (non-hydrogen) atoms. The van der Waals surface area contributed by atoms with Crippen LogP contribution in [0.5, 0.6) is 0 Å². The van der Waals surface area contributed by atoms with Crippen LogP contribution < -0.4 is 0 Å². The standard InChI is InChI=1S/C16H20/c1-4-6-7-15(5-2)12-13-16-10-8-14(3)9-11-16/h4-11H,1,12-13H2,2-3H3/b7-6-,15-5+. The summed E-state index contributed by atoms with van der Waals surface area (Å²) < 4.78 is 0. The van der Waals surface area contributed by atoms with Crippen LogP contribution in [0.3, 0.4) is 0 Å². The Morgan fingerprint density at radius 1 is 1.25 bits per heavy atom. The highest BCUT2D eigenvalue weighted by Gasteiger charge is 1.95. The summed E-state index contributed by atoms with van der Waals surface area (Å²) >= 11 is 0. The highest BCUT2D eigenvalue weighted by Crippen LogP contribution is 2.11. The van der Waals surface area contributed by atoms with E-state index in [0.29, 0.717) is 0 Å². The second-order valence-corrected chi connectivity index (χ2v) is 3.94. The molecule has 0 fully saturated rings. The highest BCUT2D eigenvalue weighted by molar-refractivity contribution is 5.25. The number of rotatable bonds is 5. The van der Waals surface area contributed by atoms with Crippen LogP contribution in [0.15, 0.2) is 60.7 Å². The maximum atomic E-state index is 3.68. The summed E-state index contributed by atoms with van der Waals surface area (Å²) in [5.41, 5.74) is 4.08. The quantitative estimate of drug-likeness (QED) is 0.625. The lowest BCUT2D eigenvalue weighted by Crippen LogP contribution is -1.87. The van der Waals surface area contributed by atoms with Gasteiger partial charge in [0.05, 0.1) is 0 Å². The van der Waals surface area contributed by atoms with E-state index in [-0.39, 0.29) is 0 Å². The van der Waals surface area contributed by atoms with Gasteiger partial charge in [0, 0.05) is 0 Å². The average molecular weight is 212 g/mol. The third-order valence-corrected chi connectivity index (χ3v) is 2.64. The van der Waals surface area contributed by atoms with Gasteiger partial charge in [0.1, 0.15) is 0 Å². The van der Waals surface area contributed by atoms with Crippen LogP contribution in [0.2, 0.25) is 0 Å². The van der Waals surface area contributed by atoms with E-state index in [0.717, 1.165) is 12.8 Å². The number of hydrogen-bond acceptors (Lipinski definition) is 0. The number of aryl methyl sites for hydroxylation is 2. The van der Waals surface area contributed by atoms with E-state index in [1.165, 1.54) is 16.7 Å². The van der Waals surface area contributed by atoms with Crippen molar-refractivity contribution in [3.05, 3.63) is 71.8 Å². The van der Waals surface area contributed by atoms with Crippen LogP contribution in [0.25, 0.3) is 0 Å². The Morgan fingerprint density at radius 2 is 1.94 bits per heavy atom. The molecule has 0 aromatic heterocycles. The summed E-state index contributed by atoms with van der Waals surface area (Å²) in [7, 11) is 0. The van der Waals surface area contributed by atoms with Crippen molar-refractivity contribution in [1.29, 1.82) is 0 Å². The molecule has 0 heteroatoms. The van der Waals surface area contributed by atoms with Crippen LogP contribution in [0.4, 0.5) is 0 Å². The van der Waals surface area contributed by atoms with Crippen LogP contribution in [-0.4, -0.2) is 0 Å². The fraction of sp³-hybridized carbons (Fsp3) is 0.250. The second-order valence-electron chi connectivity index (χ2n) is 3.94. The Balaban J connectivity index is 2.53. The molecule has 0 bridgehead atoms. The van der Waals surface area contributed by atoms with Crippen LogP contribution in [0.1, 0.15) is 24.5 Å². The lowest BCUT2D eigenvalue weighted by molar-refractivity contribution is 0.961. The summed E-state index contributed by atoms with van der Waals surface area (Å²) in [5, 5.41) is 0. The predicted molar refractivity (Wildman–Crippen MR) is 72.6 cm³/mol. The molecule has 0 aliphatic carbocycles. The van der Waals surface area contributed by atoms with Gasteiger partial charge in [-0.15, -0.1) is 0 Å². The minimum Gasteiger partial charge on any atom is -0.0991 e. The minimum absolute atomic E-state index is 1.09. The van der Waals surface area contributed by atoms with Gasteiger partial charge in [-0.3, -0.25) is 0 Å². The molecular formula is C16H20. The minimum atomic E-state index is 1.09. The molecule has 1 rings (SSSR count). The predicted octanol–water partition coefficient (Wildman–Crippen LogP) is 4.62. The molecule has 0 N–H and O–H groups in total. The van der Waals surface area contributed by atoms with Gasteiger partial charge in [-0.1, -0.05) is 66.3 Å². The first kappa shape index (κ1) is 12.5. The van der Waals surface area contributed by atoms with Crippen molar-refractivity contribution in [3.63, 3.8) is 0 Å². The van der Waals surface area contributed by atoms with E-state index < -0.39 is 0 Å². The lowest BCUT2D eigenvalue weighted by Gasteiger charge is -2.03. The zero-order valence-electron chi connectivity index (χ0n) is 10.2. The molecule has 0 unspecified atom stereocenters. The van der Waals surface area contributed by atoms with Crippen LogP contribution in [-0.2, 0) is 6.42 Å². The average Bonchev–Trinajstić information content (AvgIpc) is 2.32. The van der Waals surface area contributed by atoms with Gasteiger partial charge in [-0.2, -0.15) is 0 Å². The number of allylic oxidation sites excluding steroid dienone is 5. The molecule has 84 valence electrons. The zero-order valence-corrected chi connectivity index (χ0v) is 10.2. The first-order chi connectivity index (χ1) is 7.76. The van der Waals surface area contributed by atoms with Gasteiger partial charge in [0.2, 0.25) is 0 Å². The molecule has 0 nitrogen and oxygen atoms in total. The summed E-state index contributed by atoms with van der Waals surface area (Å²) in [6, 6.07) is 8.76. The monoisotopic (exact) mass is 212 g/mol. The first-order valence-corrected chi connectivity index (χ1v) is 5.76. The third kappa shape index (κ3) is 4.31. The highest BCUT2D eigenvalue weighted by atomic mass is 14.0. The maximum Gasteiger partial charge on any atom is -0.0238 e. The lowest BCUT2D eigenvalue weighted by atomic mass is 10.0. The van der Waals surface area contributed by atoms with Gasteiger partial charge in [-0.25, -0.2) is 0 Å². The SMILES string of the molecule is C=C/C=C\C(=C/C)CCc1ccc(C)cc1. The Morgan fingerprint density at radius 3 is 2.50 bits per heavy atom. The van der Waals surface area contributed by atoms with E-state index in [1.54, 1.807) is 0 Å². The molecule has 1 aromatic carbocycles. The maximum absolute atomic E-state index is 3.68. The Kier molecular flexibility index (Phi) is 5.35. The molecular weight excluding hydrogens is 192 g/mol. The van der Waals surface area contributed by atoms with Crippen molar-refractivity contribution < 1.29 is 0 Å². The molecule has 1 aromatic rings. The third-order valence-electron chi connectivity index (χ3n) is 2.64. The smallest absolute Gasteiger partial charge is 0.0238 e. The fourth-order valence-corrected chi connectivity index (χ4v) is 1.56. The van der Waals surface area contributed by atoms with Crippen molar-refractivity contribution in [2.45, 2.75) is 26.7 Å². The molecule has 0 aliphatic heterocycles. The first-order valence-electron chi connectivity index (χ1n) is 5.76. The summed E-state index contributed by atoms with van der Waals surface area (Å²) in [5.74, 6) is 0. The molecule has 0 saturated carbocycles. The topological polar surface area (TPSA) is 0 Å². The zero-order chi connectivity index (χ0) is 11.8. The van der Waals surface area contributed by atoms with E-state index >= 15 is 0 Å². The van der Waals surface area contributed by atoms with Crippen molar-refractivity contribution in [3.8, 4) is 0 Å². The Bertz CT molecular complexity index is 377. The molecule has 0 radical (unpaired) electrons. The van der Waals surface area contributed by atoms with E-state index in [1.807, 2.05) is 12.2 Å². The van der Waals surface area contributed by atoms with Crippen molar-refractivity contribution in [1.82, 2.24) is 0 Å². The van der Waals surface area contributed by atoms with Gasteiger partial charge < -0.3 is 0 Å². The molecule has 0 spiro atoms. The summed E-state index contributed by atoms with van der Waals surface area (Å²) in [6.45, 7) is 7.88. The van der Waals surface area contributed by atoms with Crippen LogP contribution >= 0.6 is 0 Å². The number of benzene rings is 1. The fourth-order valence-electron chi connectivity index (χ4n) is 1.56. The Hall–Kier alpha value is -1.56. The van der Waals surface area contributed by atoms with E-state index in [9.17, 15) is 0 Å². The molecule has 0 heterocycles. The van der Waals surface area contributed by atoms with Gasteiger partial charge >= 0.3 is 0 Å². The van der Waals surface area contributed by atoms with Crippen molar-refractivity contribution >= 4 is 0 Å². The number of hydrogen-bond donors (Lipinski definition) is 0. The summed E-state index contributed by atoms with van der Waals surface area (Å²) in [4.78, 5) is 0. The molecule has 0 atom stereocenters.